The maximum absolute atomic E-state index is 13.3. The summed E-state index contributed by atoms with van der Waals surface area (Å²) in [5.41, 5.74) is 1.88. The zero-order valence-corrected chi connectivity index (χ0v) is 19.5. The molecule has 0 radical (unpaired) electrons. The van der Waals surface area contributed by atoms with Gasteiger partial charge in [-0.05, 0) is 55.3 Å². The van der Waals surface area contributed by atoms with Crippen molar-refractivity contribution in [2.24, 2.45) is 0 Å². The number of methoxy groups -OCH3 is 1. The Labute approximate surface area is 192 Å². The number of aryl methyl sites for hydroxylation is 2. The molecule has 2 N–H and O–H groups in total. The Bertz CT molecular complexity index is 1380. The van der Waals surface area contributed by atoms with Crippen molar-refractivity contribution in [2.45, 2.75) is 28.5 Å². The first-order chi connectivity index (χ1) is 15.3. The summed E-state index contributed by atoms with van der Waals surface area (Å²) in [6.45, 7) is 3.63. The lowest BCUT2D eigenvalue weighted by Crippen LogP contribution is -2.14. The molecule has 0 aliphatic carbocycles. The zero-order chi connectivity index (χ0) is 22.9. The molecule has 5 nitrogen and oxygen atoms in total. The van der Waals surface area contributed by atoms with Gasteiger partial charge in [-0.25, -0.2) is 8.42 Å². The lowest BCUT2D eigenvalue weighted by molar-refractivity contribution is 0.408. The van der Waals surface area contributed by atoms with E-state index in [0.717, 1.165) is 16.0 Å². The maximum Gasteiger partial charge on any atom is 0.261 e. The smallest absolute Gasteiger partial charge is 0.261 e. The fourth-order valence-corrected chi connectivity index (χ4v) is 5.87. The Morgan fingerprint density at radius 3 is 2.09 bits per heavy atom. The van der Waals surface area contributed by atoms with Crippen molar-refractivity contribution in [3.63, 3.8) is 0 Å². The molecule has 4 aromatic carbocycles. The van der Waals surface area contributed by atoms with Crippen LogP contribution >= 0.6 is 11.8 Å². The number of aromatic hydroxyl groups is 1. The molecule has 4 rings (SSSR count). The number of nitrogens with one attached hydrogen (secondary N) is 1. The zero-order valence-electron chi connectivity index (χ0n) is 17.9. The summed E-state index contributed by atoms with van der Waals surface area (Å²) in [4.78, 5) is 1.66. The van der Waals surface area contributed by atoms with Gasteiger partial charge < -0.3 is 9.84 Å². The van der Waals surface area contributed by atoms with Crippen LogP contribution in [0.2, 0.25) is 0 Å². The summed E-state index contributed by atoms with van der Waals surface area (Å²) in [5.74, 6) is 0.786. The molecule has 0 saturated heterocycles. The number of rotatable bonds is 6. The van der Waals surface area contributed by atoms with Crippen LogP contribution in [0.3, 0.4) is 0 Å². The third-order valence-electron chi connectivity index (χ3n) is 5.14. The first-order valence-electron chi connectivity index (χ1n) is 9.96. The van der Waals surface area contributed by atoms with E-state index in [-0.39, 0.29) is 10.6 Å². The molecular weight excluding hydrogens is 442 g/mol. The van der Waals surface area contributed by atoms with E-state index in [1.165, 1.54) is 11.8 Å². The lowest BCUT2D eigenvalue weighted by Gasteiger charge is -2.16. The quantitative estimate of drug-likeness (QED) is 0.335. The van der Waals surface area contributed by atoms with Crippen molar-refractivity contribution in [1.29, 1.82) is 0 Å². The topological polar surface area (TPSA) is 75.6 Å². The Kier molecular flexibility index (Phi) is 6.04. The SMILES string of the molecule is COc1c(C)cc(S(=O)(=O)Nc2cc(Sc3ccccc3)c(O)c3ccccc23)cc1C. The van der Waals surface area contributed by atoms with Gasteiger partial charge in [-0.15, -0.1) is 0 Å². The second kappa shape index (κ2) is 8.76. The van der Waals surface area contributed by atoms with Crippen LogP contribution in [-0.4, -0.2) is 20.6 Å². The third-order valence-corrected chi connectivity index (χ3v) is 7.53. The van der Waals surface area contributed by atoms with Gasteiger partial charge in [0.05, 0.1) is 22.6 Å². The van der Waals surface area contributed by atoms with Crippen LogP contribution in [0.1, 0.15) is 11.1 Å². The average molecular weight is 466 g/mol. The molecule has 0 heterocycles. The minimum Gasteiger partial charge on any atom is -0.506 e. The van der Waals surface area contributed by atoms with Gasteiger partial charge in [-0.3, -0.25) is 4.72 Å². The Balaban J connectivity index is 1.81. The second-order valence-electron chi connectivity index (χ2n) is 7.43. The van der Waals surface area contributed by atoms with Gasteiger partial charge in [0.25, 0.3) is 10.0 Å². The number of fused-ring (bicyclic) bond motifs is 1. The van der Waals surface area contributed by atoms with Crippen molar-refractivity contribution >= 4 is 38.2 Å². The minimum atomic E-state index is -3.87. The van der Waals surface area contributed by atoms with Crippen LogP contribution < -0.4 is 9.46 Å². The van der Waals surface area contributed by atoms with Crippen LogP contribution in [0.15, 0.2) is 87.5 Å². The van der Waals surface area contributed by atoms with Crippen LogP contribution in [0, 0.1) is 13.8 Å². The van der Waals surface area contributed by atoms with E-state index in [0.29, 0.717) is 27.1 Å². The van der Waals surface area contributed by atoms with Crippen molar-refractivity contribution < 1.29 is 18.3 Å². The molecule has 0 aliphatic heterocycles. The summed E-state index contributed by atoms with van der Waals surface area (Å²) in [6.07, 6.45) is 0. The fourth-order valence-electron chi connectivity index (χ4n) is 3.70. The van der Waals surface area contributed by atoms with Crippen molar-refractivity contribution in [2.75, 3.05) is 11.8 Å². The number of hydrogen-bond acceptors (Lipinski definition) is 5. The molecule has 0 amide bonds. The number of hydrogen-bond donors (Lipinski definition) is 2. The Morgan fingerprint density at radius 1 is 0.875 bits per heavy atom. The first kappa shape index (κ1) is 22.0. The van der Waals surface area contributed by atoms with E-state index in [1.807, 2.05) is 56.3 Å². The minimum absolute atomic E-state index is 0.119. The Hall–Kier alpha value is -3.16. The molecule has 7 heteroatoms. The summed E-state index contributed by atoms with van der Waals surface area (Å²) < 4.78 is 34.7. The highest BCUT2D eigenvalue weighted by Gasteiger charge is 2.20. The van der Waals surface area contributed by atoms with Crippen molar-refractivity contribution in [1.82, 2.24) is 0 Å². The van der Waals surface area contributed by atoms with Crippen LogP contribution in [-0.2, 0) is 10.0 Å². The van der Waals surface area contributed by atoms with Gasteiger partial charge in [0, 0.05) is 15.7 Å². The molecule has 0 fully saturated rings. The molecule has 164 valence electrons. The number of benzene rings is 4. The van der Waals surface area contributed by atoms with E-state index in [2.05, 4.69) is 4.72 Å². The average Bonchev–Trinajstić information content (AvgIpc) is 2.77. The number of phenolic OH excluding ortho intramolecular Hbond substituents is 1. The van der Waals surface area contributed by atoms with E-state index < -0.39 is 10.0 Å². The maximum atomic E-state index is 13.3. The second-order valence-corrected chi connectivity index (χ2v) is 10.2. The highest BCUT2D eigenvalue weighted by molar-refractivity contribution is 7.99. The van der Waals surface area contributed by atoms with Crippen molar-refractivity contribution in [3.8, 4) is 11.5 Å². The summed E-state index contributed by atoms with van der Waals surface area (Å²) in [6, 6.07) is 21.7. The molecule has 0 aliphatic rings. The highest BCUT2D eigenvalue weighted by atomic mass is 32.2. The summed E-state index contributed by atoms with van der Waals surface area (Å²) >= 11 is 1.37. The molecule has 0 spiro atoms. The highest BCUT2D eigenvalue weighted by Crippen LogP contribution is 2.43. The van der Waals surface area contributed by atoms with Gasteiger partial charge >= 0.3 is 0 Å². The van der Waals surface area contributed by atoms with Gasteiger partial charge in [0.15, 0.2) is 0 Å². The standard InChI is InChI=1S/C25H23NO4S2/c1-16-13-19(14-17(2)25(16)30-3)32(28,29)26-22-15-23(31-18-9-5-4-6-10-18)24(27)21-12-8-7-11-20(21)22/h4-15,26-27H,1-3H3. The molecule has 4 aromatic rings. The van der Waals surface area contributed by atoms with Gasteiger partial charge in [0.2, 0.25) is 0 Å². The molecule has 0 unspecified atom stereocenters. The van der Waals surface area contributed by atoms with E-state index in [4.69, 9.17) is 4.74 Å². The van der Waals surface area contributed by atoms with E-state index in [9.17, 15) is 13.5 Å². The molecule has 0 atom stereocenters. The molecule has 0 bridgehead atoms. The fraction of sp³-hybridized carbons (Fsp3) is 0.120. The third kappa shape index (κ3) is 4.26. The number of ether oxygens (including phenoxy) is 1. The van der Waals surface area contributed by atoms with E-state index >= 15 is 0 Å². The number of phenols is 1. The van der Waals surface area contributed by atoms with E-state index in [1.54, 1.807) is 37.4 Å². The van der Waals surface area contributed by atoms with Gasteiger partial charge in [-0.1, -0.05) is 54.2 Å². The summed E-state index contributed by atoms with van der Waals surface area (Å²) in [5, 5.41) is 12.1. The predicted molar refractivity (Wildman–Crippen MR) is 129 cm³/mol. The summed E-state index contributed by atoms with van der Waals surface area (Å²) in [7, 11) is -2.31. The van der Waals surface area contributed by atoms with Crippen LogP contribution in [0.25, 0.3) is 10.8 Å². The van der Waals surface area contributed by atoms with Gasteiger partial charge in [-0.2, -0.15) is 0 Å². The first-order valence-corrected chi connectivity index (χ1v) is 12.3. The Morgan fingerprint density at radius 2 is 1.47 bits per heavy atom. The number of anilines is 1. The monoisotopic (exact) mass is 465 g/mol. The lowest BCUT2D eigenvalue weighted by atomic mass is 10.1. The molecular formula is C25H23NO4S2. The molecule has 0 aromatic heterocycles. The molecule has 32 heavy (non-hydrogen) atoms. The van der Waals surface area contributed by atoms with Crippen LogP contribution in [0.4, 0.5) is 5.69 Å². The number of sulfonamides is 1. The normalized spacial score (nSPS) is 11.5. The van der Waals surface area contributed by atoms with Crippen molar-refractivity contribution in [3.05, 3.63) is 83.9 Å². The molecule has 0 saturated carbocycles. The predicted octanol–water partition coefficient (Wildman–Crippen LogP) is 6.12. The largest absolute Gasteiger partial charge is 0.506 e. The van der Waals surface area contributed by atoms with Crippen LogP contribution in [0.5, 0.6) is 11.5 Å². The van der Waals surface area contributed by atoms with Gasteiger partial charge in [0.1, 0.15) is 11.5 Å².